The lowest BCUT2D eigenvalue weighted by Crippen LogP contribution is -2.13. The van der Waals surface area contributed by atoms with E-state index in [0.717, 1.165) is 28.7 Å². The number of methoxy groups -OCH3 is 1. The third-order valence-electron chi connectivity index (χ3n) is 6.39. The van der Waals surface area contributed by atoms with E-state index in [1.54, 1.807) is 7.11 Å². The first-order chi connectivity index (χ1) is 14.3. The van der Waals surface area contributed by atoms with Crippen LogP contribution in [-0.2, 0) is 0 Å². The Morgan fingerprint density at radius 3 is 1.93 bits per heavy atom. The van der Waals surface area contributed by atoms with Gasteiger partial charge in [-0.3, -0.25) is 0 Å². The fourth-order valence-electron chi connectivity index (χ4n) is 4.48. The summed E-state index contributed by atoms with van der Waals surface area (Å²) in [7, 11) is 1.68. The molecule has 0 atom stereocenters. The van der Waals surface area contributed by atoms with Gasteiger partial charge in [-0.2, -0.15) is 0 Å². The summed E-state index contributed by atoms with van der Waals surface area (Å²) >= 11 is 0. The highest BCUT2D eigenvalue weighted by molar-refractivity contribution is 5.45. The lowest BCUT2D eigenvalue weighted by Gasteiger charge is -2.29. The van der Waals surface area contributed by atoms with Crippen molar-refractivity contribution in [3.63, 3.8) is 0 Å². The van der Waals surface area contributed by atoms with E-state index in [0.29, 0.717) is 0 Å². The zero-order valence-electron chi connectivity index (χ0n) is 18.3. The van der Waals surface area contributed by atoms with Gasteiger partial charge in [-0.05, 0) is 79.5 Å². The molecule has 0 saturated heterocycles. The van der Waals surface area contributed by atoms with Gasteiger partial charge in [0.25, 0.3) is 0 Å². The van der Waals surface area contributed by atoms with E-state index in [2.05, 4.69) is 43.0 Å². The fraction of sp³-hybridized carbons (Fsp3) is 0.500. The van der Waals surface area contributed by atoms with Crippen molar-refractivity contribution in [2.75, 3.05) is 7.11 Å². The van der Waals surface area contributed by atoms with E-state index in [1.165, 1.54) is 69.8 Å². The number of unbranched alkanes of at least 4 members (excludes halogenated alkanes) is 4. The third kappa shape index (κ3) is 6.97. The summed E-state index contributed by atoms with van der Waals surface area (Å²) < 4.78 is 5.19. The normalized spacial score (nSPS) is 18.7. The molecule has 2 aromatic rings. The van der Waals surface area contributed by atoms with Crippen LogP contribution in [0.3, 0.4) is 0 Å². The van der Waals surface area contributed by atoms with Crippen LogP contribution in [-0.4, -0.2) is 7.11 Å². The molecule has 29 heavy (non-hydrogen) atoms. The molecule has 0 unspecified atom stereocenters. The van der Waals surface area contributed by atoms with Crippen LogP contribution in [0.5, 0.6) is 5.75 Å². The average molecular weight is 389 g/mol. The Kier molecular flexibility index (Phi) is 8.69. The largest absolute Gasteiger partial charge is 0.497 e. The van der Waals surface area contributed by atoms with Crippen molar-refractivity contribution in [3.05, 3.63) is 65.2 Å². The maximum absolute atomic E-state index is 5.19. The van der Waals surface area contributed by atoms with Gasteiger partial charge in [0.2, 0.25) is 0 Å². The Morgan fingerprint density at radius 1 is 0.759 bits per heavy atom. The summed E-state index contributed by atoms with van der Waals surface area (Å²) in [4.78, 5) is 0. The molecule has 1 fully saturated rings. The maximum atomic E-state index is 5.19. The van der Waals surface area contributed by atoms with Crippen LogP contribution in [0.1, 0.15) is 93.7 Å². The van der Waals surface area contributed by atoms with Crippen LogP contribution >= 0.6 is 0 Å². The quantitative estimate of drug-likeness (QED) is 0.332. The second-order valence-corrected chi connectivity index (χ2v) is 8.52. The van der Waals surface area contributed by atoms with Gasteiger partial charge < -0.3 is 4.74 Å². The van der Waals surface area contributed by atoms with Gasteiger partial charge >= 0.3 is 0 Å². The van der Waals surface area contributed by atoms with E-state index in [1.807, 2.05) is 24.3 Å². The number of ether oxygens (including phenoxy) is 1. The molecule has 1 saturated carbocycles. The molecular formula is C28H36O. The summed E-state index contributed by atoms with van der Waals surface area (Å²) in [6.07, 6.45) is 14.1. The minimum absolute atomic E-state index is 0.745. The molecule has 3 rings (SSSR count). The van der Waals surface area contributed by atoms with Crippen LogP contribution in [0.4, 0.5) is 0 Å². The predicted octanol–water partition coefficient (Wildman–Crippen LogP) is 7.73. The van der Waals surface area contributed by atoms with E-state index in [9.17, 15) is 0 Å². The Balaban J connectivity index is 1.45. The summed E-state index contributed by atoms with van der Waals surface area (Å²) in [5.41, 5.74) is 3.61. The molecule has 1 aliphatic carbocycles. The van der Waals surface area contributed by atoms with Gasteiger partial charge in [-0.15, -0.1) is 0 Å². The van der Waals surface area contributed by atoms with E-state index in [-0.39, 0.29) is 0 Å². The van der Waals surface area contributed by atoms with Crippen molar-refractivity contribution in [2.45, 2.75) is 77.0 Å². The first-order valence-corrected chi connectivity index (χ1v) is 11.5. The molecule has 154 valence electrons. The summed E-state index contributed by atoms with van der Waals surface area (Å²) in [6, 6.07) is 16.9. The molecule has 1 nitrogen and oxygen atoms in total. The highest BCUT2D eigenvalue weighted by Gasteiger charge is 2.21. The van der Waals surface area contributed by atoms with Gasteiger partial charge in [-0.1, -0.05) is 69.4 Å². The number of hydrogen-bond acceptors (Lipinski definition) is 1. The Labute approximate surface area is 177 Å². The fourth-order valence-corrected chi connectivity index (χ4v) is 4.48. The molecule has 0 bridgehead atoms. The van der Waals surface area contributed by atoms with Crippen molar-refractivity contribution in [3.8, 4) is 17.6 Å². The molecule has 2 aromatic carbocycles. The lowest BCUT2D eigenvalue weighted by atomic mass is 9.77. The second-order valence-electron chi connectivity index (χ2n) is 8.52. The van der Waals surface area contributed by atoms with E-state index < -0.39 is 0 Å². The van der Waals surface area contributed by atoms with Crippen molar-refractivity contribution >= 4 is 0 Å². The first kappa shape index (κ1) is 21.5. The van der Waals surface area contributed by atoms with Crippen molar-refractivity contribution < 1.29 is 4.74 Å². The van der Waals surface area contributed by atoms with Crippen LogP contribution < -0.4 is 4.74 Å². The van der Waals surface area contributed by atoms with Gasteiger partial charge in [0.15, 0.2) is 0 Å². The Morgan fingerprint density at radius 2 is 1.34 bits per heavy atom. The molecule has 1 aliphatic rings. The monoisotopic (exact) mass is 388 g/mol. The molecule has 1 heteroatoms. The van der Waals surface area contributed by atoms with Crippen LogP contribution in [0.15, 0.2) is 48.5 Å². The zero-order chi connectivity index (χ0) is 20.3. The smallest absolute Gasteiger partial charge is 0.118 e. The number of rotatable bonds is 8. The highest BCUT2D eigenvalue weighted by atomic mass is 16.5. The molecule has 0 spiro atoms. The van der Waals surface area contributed by atoms with Gasteiger partial charge in [0.05, 0.1) is 7.11 Å². The molecular weight excluding hydrogens is 352 g/mol. The zero-order valence-corrected chi connectivity index (χ0v) is 18.3. The standard InChI is InChI=1S/C28H36O/c1-3-4-5-6-7-8-23-11-17-26(18-12-23)27-19-13-24(14-20-27)9-10-25-15-21-28(29-2)22-16-25/h13-16,19-23,26H,3-8,11-12,17-18H2,1-2H3. The van der Waals surface area contributed by atoms with Crippen molar-refractivity contribution in [1.82, 2.24) is 0 Å². The highest BCUT2D eigenvalue weighted by Crippen LogP contribution is 2.37. The Hall–Kier alpha value is -2.20. The molecule has 0 aromatic heterocycles. The van der Waals surface area contributed by atoms with E-state index >= 15 is 0 Å². The summed E-state index contributed by atoms with van der Waals surface area (Å²) in [5, 5.41) is 0. The Bertz CT molecular complexity index is 768. The SMILES string of the molecule is CCCCCCCC1CCC(c2ccc(C#Cc3ccc(OC)cc3)cc2)CC1. The maximum Gasteiger partial charge on any atom is 0.118 e. The van der Waals surface area contributed by atoms with E-state index in [4.69, 9.17) is 4.74 Å². The third-order valence-corrected chi connectivity index (χ3v) is 6.39. The topological polar surface area (TPSA) is 9.23 Å². The minimum Gasteiger partial charge on any atom is -0.497 e. The van der Waals surface area contributed by atoms with Crippen molar-refractivity contribution in [1.29, 1.82) is 0 Å². The molecule has 0 amide bonds. The molecule has 0 aliphatic heterocycles. The van der Waals surface area contributed by atoms with Crippen LogP contribution in [0, 0.1) is 17.8 Å². The molecule has 0 heterocycles. The summed E-state index contributed by atoms with van der Waals surface area (Å²) in [5.74, 6) is 9.11. The average Bonchev–Trinajstić information content (AvgIpc) is 2.79. The van der Waals surface area contributed by atoms with Gasteiger partial charge in [0.1, 0.15) is 5.75 Å². The second kappa shape index (κ2) is 11.7. The molecule has 0 N–H and O–H groups in total. The van der Waals surface area contributed by atoms with Crippen molar-refractivity contribution in [2.24, 2.45) is 5.92 Å². The van der Waals surface area contributed by atoms with Gasteiger partial charge in [0, 0.05) is 11.1 Å². The lowest BCUT2D eigenvalue weighted by molar-refractivity contribution is 0.302. The molecule has 0 radical (unpaired) electrons. The first-order valence-electron chi connectivity index (χ1n) is 11.5. The van der Waals surface area contributed by atoms with Crippen LogP contribution in [0.2, 0.25) is 0 Å². The summed E-state index contributed by atoms with van der Waals surface area (Å²) in [6.45, 7) is 2.29. The number of hydrogen-bond donors (Lipinski definition) is 0. The minimum atomic E-state index is 0.745. The van der Waals surface area contributed by atoms with Gasteiger partial charge in [-0.25, -0.2) is 0 Å². The number of benzene rings is 2. The van der Waals surface area contributed by atoms with Crippen LogP contribution in [0.25, 0.3) is 0 Å². The predicted molar refractivity (Wildman–Crippen MR) is 123 cm³/mol.